The number of aliphatic hydroxyl groups is 1. The van der Waals surface area contributed by atoms with Gasteiger partial charge in [-0.15, -0.1) is 0 Å². The lowest BCUT2D eigenvalue weighted by atomic mass is 9.91. The quantitative estimate of drug-likeness (QED) is 0.575. The number of imidazole rings is 1. The monoisotopic (exact) mass is 392 g/mol. The van der Waals surface area contributed by atoms with Gasteiger partial charge >= 0.3 is 0 Å². The van der Waals surface area contributed by atoms with Crippen molar-refractivity contribution in [1.29, 1.82) is 0 Å². The fourth-order valence-corrected chi connectivity index (χ4v) is 2.98. The van der Waals surface area contributed by atoms with Gasteiger partial charge in [0.15, 0.2) is 6.23 Å². The average Bonchev–Trinajstić information content (AvgIpc) is 2.89. The summed E-state index contributed by atoms with van der Waals surface area (Å²) in [7, 11) is 0. The van der Waals surface area contributed by atoms with E-state index in [9.17, 15) is 9.90 Å². The molecule has 1 aromatic heterocycles. The van der Waals surface area contributed by atoms with Gasteiger partial charge in [0.1, 0.15) is 11.5 Å². The lowest BCUT2D eigenvalue weighted by Gasteiger charge is -2.28. The highest BCUT2D eigenvalue weighted by Crippen LogP contribution is 2.35. The molecule has 8 nitrogen and oxygen atoms in total. The molecule has 0 spiro atoms. The summed E-state index contributed by atoms with van der Waals surface area (Å²) in [4.78, 5) is 20.8. The summed E-state index contributed by atoms with van der Waals surface area (Å²) in [5, 5.41) is 19.8. The summed E-state index contributed by atoms with van der Waals surface area (Å²) >= 11 is 0. The van der Waals surface area contributed by atoms with Crippen LogP contribution in [0, 0.1) is 11.3 Å². The Hall–Kier alpha value is -2.09. The number of aromatic nitrogens is 2. The molecule has 4 N–H and O–H groups in total. The zero-order chi connectivity index (χ0) is 21.3. The van der Waals surface area contributed by atoms with Gasteiger partial charge in [-0.1, -0.05) is 34.6 Å². The molecular formula is C20H36N6O2. The minimum absolute atomic E-state index is 0.163. The van der Waals surface area contributed by atoms with Crippen molar-refractivity contribution >= 4 is 23.6 Å². The van der Waals surface area contributed by atoms with Crippen molar-refractivity contribution in [3.8, 4) is 0 Å². The number of nitrogens with one attached hydrogen (secondary N) is 3. The summed E-state index contributed by atoms with van der Waals surface area (Å²) < 4.78 is 2.01. The standard InChI is InChI=1S/C20H36N6O2/c1-12(2)15(27)24-17-23-14-13(16(28)25-17)22-18(26(14)20(6,7)8)21-11-9-10-19(3,4)5/h12,16,28H,9-11H2,1-8H3,(H,21,22)(H2,23,24,25,27). The van der Waals surface area contributed by atoms with E-state index in [2.05, 4.69) is 67.5 Å². The number of nitrogens with zero attached hydrogens (tertiary/aromatic N) is 3. The summed E-state index contributed by atoms with van der Waals surface area (Å²) in [6.07, 6.45) is 0.996. The van der Waals surface area contributed by atoms with Crippen molar-refractivity contribution in [3.05, 3.63) is 5.69 Å². The van der Waals surface area contributed by atoms with Crippen LogP contribution in [0.25, 0.3) is 0 Å². The Morgan fingerprint density at radius 1 is 1.25 bits per heavy atom. The second-order valence-electron chi connectivity index (χ2n) is 9.89. The van der Waals surface area contributed by atoms with Gasteiger partial charge in [-0.25, -0.2) is 9.98 Å². The first-order chi connectivity index (χ1) is 12.8. The second kappa shape index (κ2) is 8.11. The fraction of sp³-hybridized carbons (Fsp3) is 0.750. The van der Waals surface area contributed by atoms with Crippen LogP contribution in [0.4, 0.5) is 11.8 Å². The van der Waals surface area contributed by atoms with Crippen LogP contribution in [0.3, 0.4) is 0 Å². The van der Waals surface area contributed by atoms with Crippen molar-refractivity contribution in [2.75, 3.05) is 17.2 Å². The average molecular weight is 393 g/mol. The van der Waals surface area contributed by atoms with Gasteiger partial charge in [-0.3, -0.25) is 14.7 Å². The topological polar surface area (TPSA) is 104 Å². The van der Waals surface area contributed by atoms with Crippen LogP contribution in [0.5, 0.6) is 0 Å². The van der Waals surface area contributed by atoms with Gasteiger partial charge in [0, 0.05) is 18.0 Å². The normalized spacial score (nSPS) is 17.1. The van der Waals surface area contributed by atoms with Crippen LogP contribution in [0.2, 0.25) is 0 Å². The number of rotatable bonds is 5. The third-order valence-corrected chi connectivity index (χ3v) is 4.46. The third-order valence-electron chi connectivity index (χ3n) is 4.46. The lowest BCUT2D eigenvalue weighted by Crippen LogP contribution is -2.41. The van der Waals surface area contributed by atoms with Crippen LogP contribution in [0.1, 0.15) is 80.2 Å². The van der Waals surface area contributed by atoms with Crippen LogP contribution in [-0.4, -0.2) is 33.1 Å². The van der Waals surface area contributed by atoms with E-state index in [-0.39, 0.29) is 28.7 Å². The fourth-order valence-electron chi connectivity index (χ4n) is 2.98. The molecular weight excluding hydrogens is 356 g/mol. The summed E-state index contributed by atoms with van der Waals surface area (Å²) in [6.45, 7) is 17.3. The maximum atomic E-state index is 12.0. The number of amides is 1. The number of guanidine groups is 1. The molecule has 0 saturated carbocycles. The number of hydrogen-bond acceptors (Lipinski definition) is 6. The molecule has 28 heavy (non-hydrogen) atoms. The molecule has 2 heterocycles. The number of carbonyl (C=O) groups is 1. The minimum atomic E-state index is -1.13. The molecule has 1 atom stereocenters. The Balaban J connectivity index is 2.24. The van der Waals surface area contributed by atoms with E-state index in [1.54, 1.807) is 13.8 Å². The number of aliphatic imine (C=N–C) groups is 1. The molecule has 8 heteroatoms. The molecule has 1 unspecified atom stereocenters. The Morgan fingerprint density at radius 3 is 2.43 bits per heavy atom. The zero-order valence-electron chi connectivity index (χ0n) is 18.5. The van der Waals surface area contributed by atoms with Gasteiger partial charge in [-0.05, 0) is 39.0 Å². The third kappa shape index (κ3) is 5.47. The molecule has 0 aromatic carbocycles. The Morgan fingerprint density at radius 2 is 1.89 bits per heavy atom. The number of anilines is 2. The van der Waals surface area contributed by atoms with E-state index in [1.807, 2.05) is 4.57 Å². The molecule has 1 amide bonds. The predicted octanol–water partition coefficient (Wildman–Crippen LogP) is 3.42. The summed E-state index contributed by atoms with van der Waals surface area (Å²) in [5.74, 6) is 1.22. The molecule has 1 aliphatic rings. The first-order valence-corrected chi connectivity index (χ1v) is 10.0. The van der Waals surface area contributed by atoms with Crippen LogP contribution >= 0.6 is 0 Å². The van der Waals surface area contributed by atoms with Gasteiger partial charge in [-0.2, -0.15) is 0 Å². The molecule has 2 rings (SSSR count). The van der Waals surface area contributed by atoms with Crippen molar-refractivity contribution in [2.24, 2.45) is 16.3 Å². The van der Waals surface area contributed by atoms with Crippen LogP contribution in [-0.2, 0) is 10.3 Å². The summed E-state index contributed by atoms with van der Waals surface area (Å²) in [5.41, 5.74) is 0.454. The van der Waals surface area contributed by atoms with Crippen LogP contribution < -0.4 is 16.0 Å². The van der Waals surface area contributed by atoms with E-state index < -0.39 is 6.23 Å². The largest absolute Gasteiger partial charge is 0.366 e. The van der Waals surface area contributed by atoms with Crippen LogP contribution in [0.15, 0.2) is 4.99 Å². The maximum absolute atomic E-state index is 12.0. The highest BCUT2D eigenvalue weighted by molar-refractivity contribution is 6.05. The Kier molecular flexibility index (Phi) is 6.43. The molecule has 0 fully saturated rings. The maximum Gasteiger partial charge on any atom is 0.229 e. The lowest BCUT2D eigenvalue weighted by molar-refractivity contribution is -0.122. The second-order valence-corrected chi connectivity index (χ2v) is 9.89. The van der Waals surface area contributed by atoms with Crippen molar-refractivity contribution in [2.45, 2.75) is 80.0 Å². The molecule has 158 valence electrons. The zero-order valence-corrected chi connectivity index (χ0v) is 18.5. The summed E-state index contributed by atoms with van der Waals surface area (Å²) in [6, 6.07) is 0. The Bertz CT molecular complexity index is 737. The van der Waals surface area contributed by atoms with Crippen molar-refractivity contribution < 1.29 is 9.90 Å². The van der Waals surface area contributed by atoms with Crippen molar-refractivity contribution in [3.63, 3.8) is 0 Å². The van der Waals surface area contributed by atoms with E-state index in [4.69, 9.17) is 0 Å². The van der Waals surface area contributed by atoms with Gasteiger partial charge < -0.3 is 15.7 Å². The number of carbonyl (C=O) groups excluding carboxylic acids is 1. The van der Waals surface area contributed by atoms with Gasteiger partial charge in [0.2, 0.25) is 17.8 Å². The Labute approximate surface area is 168 Å². The first kappa shape index (κ1) is 22.2. The number of hydrogen-bond donors (Lipinski definition) is 4. The van der Waals surface area contributed by atoms with E-state index in [0.29, 0.717) is 17.5 Å². The van der Waals surface area contributed by atoms with Gasteiger partial charge in [0.25, 0.3) is 0 Å². The highest BCUT2D eigenvalue weighted by Gasteiger charge is 2.32. The number of aliphatic hydroxyl groups excluding tert-OH is 1. The SMILES string of the molecule is CC(C)C(=O)NC1=NC(O)c2nc(NCCCC(C)(C)C)n(C(C)(C)C)c2N1. The first-order valence-electron chi connectivity index (χ1n) is 10.0. The number of fused-ring (bicyclic) bond motifs is 1. The highest BCUT2D eigenvalue weighted by atomic mass is 16.3. The van der Waals surface area contributed by atoms with E-state index in [1.165, 1.54) is 0 Å². The smallest absolute Gasteiger partial charge is 0.229 e. The molecule has 0 aliphatic carbocycles. The minimum Gasteiger partial charge on any atom is -0.366 e. The predicted molar refractivity (Wildman–Crippen MR) is 113 cm³/mol. The molecule has 0 saturated heterocycles. The molecule has 1 aliphatic heterocycles. The van der Waals surface area contributed by atoms with Gasteiger partial charge in [0.05, 0.1) is 0 Å². The molecule has 0 bridgehead atoms. The van der Waals surface area contributed by atoms with E-state index in [0.717, 1.165) is 19.4 Å². The van der Waals surface area contributed by atoms with E-state index >= 15 is 0 Å². The molecule has 0 radical (unpaired) electrons. The van der Waals surface area contributed by atoms with Crippen molar-refractivity contribution in [1.82, 2.24) is 14.9 Å². The molecule has 1 aromatic rings.